The first-order valence-electron chi connectivity index (χ1n) is 7.66. The van der Waals surface area contributed by atoms with Gasteiger partial charge in [0.15, 0.2) is 17.3 Å². The number of nitrogens with zero attached hydrogens (tertiary/aromatic N) is 5. The Hall–Kier alpha value is -2.98. The van der Waals surface area contributed by atoms with Crippen LogP contribution in [0.25, 0.3) is 11.2 Å². The van der Waals surface area contributed by atoms with Crippen molar-refractivity contribution in [3.05, 3.63) is 22.3 Å². The second kappa shape index (κ2) is 7.06. The van der Waals surface area contributed by atoms with Gasteiger partial charge in [-0.2, -0.15) is 0 Å². The number of aromatic amines is 1. The Kier molecular flexibility index (Phi) is 4.68. The summed E-state index contributed by atoms with van der Waals surface area (Å²) in [7, 11) is 0. The van der Waals surface area contributed by atoms with Crippen molar-refractivity contribution < 1.29 is 14.7 Å². The Labute approximate surface area is 136 Å². The van der Waals surface area contributed by atoms with E-state index < -0.39 is 11.0 Å². The van der Waals surface area contributed by atoms with Crippen molar-refractivity contribution >= 4 is 22.9 Å². The summed E-state index contributed by atoms with van der Waals surface area (Å²) in [6.45, 7) is 1.59. The lowest BCUT2D eigenvalue weighted by atomic mass is 10.1. The van der Waals surface area contributed by atoms with Crippen LogP contribution < -0.4 is 10.2 Å². The minimum absolute atomic E-state index is 0.00151. The van der Waals surface area contributed by atoms with E-state index in [1.807, 2.05) is 0 Å². The van der Waals surface area contributed by atoms with Crippen molar-refractivity contribution in [1.29, 1.82) is 0 Å². The summed E-state index contributed by atoms with van der Waals surface area (Å²) < 4.78 is 0. The molecule has 0 bridgehead atoms. The third-order valence-electron chi connectivity index (χ3n) is 3.72. The molecule has 0 spiro atoms. The van der Waals surface area contributed by atoms with Crippen LogP contribution >= 0.6 is 0 Å². The van der Waals surface area contributed by atoms with Gasteiger partial charge in [-0.05, 0) is 19.3 Å². The molecule has 0 saturated carbocycles. The van der Waals surface area contributed by atoms with Gasteiger partial charge in [0.1, 0.15) is 18.5 Å². The SMILES string of the molecule is O=C(NCCO[N+](=O)[O-])c1nc2ncnc(N3CCCCC3)c2[nH]1. The molecule has 128 valence electrons. The van der Waals surface area contributed by atoms with Crippen LogP contribution in [0, 0.1) is 10.1 Å². The Bertz CT molecular complexity index is 741. The number of hydrogen-bond donors (Lipinski definition) is 2. The fourth-order valence-corrected chi connectivity index (χ4v) is 2.64. The number of piperidine rings is 1. The molecule has 11 heteroatoms. The Morgan fingerprint density at radius 3 is 2.92 bits per heavy atom. The number of aromatic nitrogens is 4. The number of nitrogens with one attached hydrogen (secondary N) is 2. The quantitative estimate of drug-likeness (QED) is 0.436. The van der Waals surface area contributed by atoms with Gasteiger partial charge in [0, 0.05) is 19.6 Å². The van der Waals surface area contributed by atoms with Crippen molar-refractivity contribution in [3.8, 4) is 0 Å². The van der Waals surface area contributed by atoms with Gasteiger partial charge in [0.2, 0.25) is 0 Å². The minimum Gasteiger partial charge on any atom is -0.355 e. The minimum atomic E-state index is -0.909. The lowest BCUT2D eigenvalue weighted by Gasteiger charge is -2.27. The van der Waals surface area contributed by atoms with Gasteiger partial charge >= 0.3 is 0 Å². The maximum atomic E-state index is 12.1. The summed E-state index contributed by atoms with van der Waals surface area (Å²) in [5.41, 5.74) is 1.03. The molecule has 24 heavy (non-hydrogen) atoms. The zero-order chi connectivity index (χ0) is 16.9. The maximum Gasteiger partial charge on any atom is 0.294 e. The zero-order valence-corrected chi connectivity index (χ0v) is 12.9. The number of anilines is 1. The molecular formula is C13H17N7O4. The zero-order valence-electron chi connectivity index (χ0n) is 12.9. The highest BCUT2D eigenvalue weighted by atomic mass is 16.9. The van der Waals surface area contributed by atoms with E-state index in [1.54, 1.807) is 0 Å². The lowest BCUT2D eigenvalue weighted by molar-refractivity contribution is -0.757. The Morgan fingerprint density at radius 1 is 1.38 bits per heavy atom. The first kappa shape index (κ1) is 15.9. The van der Waals surface area contributed by atoms with Crippen LogP contribution in [0.15, 0.2) is 6.33 Å². The molecule has 2 N–H and O–H groups in total. The largest absolute Gasteiger partial charge is 0.355 e. The van der Waals surface area contributed by atoms with Crippen molar-refractivity contribution in [2.24, 2.45) is 0 Å². The number of rotatable bonds is 6. The van der Waals surface area contributed by atoms with E-state index >= 15 is 0 Å². The van der Waals surface area contributed by atoms with Crippen molar-refractivity contribution in [2.75, 3.05) is 31.1 Å². The fourth-order valence-electron chi connectivity index (χ4n) is 2.64. The summed E-state index contributed by atoms with van der Waals surface area (Å²) in [6, 6.07) is 0. The Morgan fingerprint density at radius 2 is 2.17 bits per heavy atom. The standard InChI is InChI=1S/C13H17N7O4/c21-13(14-4-7-24-20(22)23)11-17-9-10(18-11)15-8-16-12(9)19-5-2-1-3-6-19/h8H,1-7H2,(H,14,21)(H,15,16,17,18). The molecule has 1 aliphatic rings. The first-order valence-corrected chi connectivity index (χ1v) is 7.66. The van der Waals surface area contributed by atoms with Gasteiger partial charge in [-0.1, -0.05) is 0 Å². The molecule has 3 heterocycles. The van der Waals surface area contributed by atoms with Gasteiger partial charge in [-0.25, -0.2) is 15.0 Å². The van der Waals surface area contributed by atoms with Gasteiger partial charge in [0.05, 0.1) is 0 Å². The summed E-state index contributed by atoms with van der Waals surface area (Å²) in [6.07, 6.45) is 4.83. The molecule has 2 aromatic heterocycles. The average Bonchev–Trinajstić information content (AvgIpc) is 3.03. The van der Waals surface area contributed by atoms with Crippen molar-refractivity contribution in [2.45, 2.75) is 19.3 Å². The van der Waals surface area contributed by atoms with Gasteiger partial charge in [-0.3, -0.25) is 4.79 Å². The maximum absolute atomic E-state index is 12.1. The first-order chi connectivity index (χ1) is 11.6. The molecular weight excluding hydrogens is 318 g/mol. The van der Waals surface area contributed by atoms with Crippen molar-refractivity contribution in [3.63, 3.8) is 0 Å². The second-order valence-electron chi connectivity index (χ2n) is 5.34. The van der Waals surface area contributed by atoms with Crippen molar-refractivity contribution in [1.82, 2.24) is 25.3 Å². The molecule has 2 aromatic rings. The third kappa shape index (κ3) is 3.50. The summed E-state index contributed by atoms with van der Waals surface area (Å²) >= 11 is 0. The van der Waals surface area contributed by atoms with E-state index in [4.69, 9.17) is 0 Å². The Balaban J connectivity index is 1.73. The molecule has 11 nitrogen and oxygen atoms in total. The lowest BCUT2D eigenvalue weighted by Crippen LogP contribution is -2.30. The number of H-pyrrole nitrogens is 1. The molecule has 0 atom stereocenters. The summed E-state index contributed by atoms with van der Waals surface area (Å²) in [4.78, 5) is 43.9. The van der Waals surface area contributed by atoms with E-state index in [9.17, 15) is 14.9 Å². The van der Waals surface area contributed by atoms with E-state index in [0.717, 1.165) is 31.7 Å². The van der Waals surface area contributed by atoms with Gasteiger partial charge < -0.3 is 20.0 Å². The number of imidazole rings is 1. The molecule has 1 amide bonds. The van der Waals surface area contributed by atoms with E-state index in [-0.39, 0.29) is 19.0 Å². The summed E-state index contributed by atoms with van der Waals surface area (Å²) in [5, 5.41) is 11.6. The van der Waals surface area contributed by atoms with Gasteiger partial charge in [0.25, 0.3) is 11.0 Å². The van der Waals surface area contributed by atoms with Crippen LogP contribution in [0.4, 0.5) is 5.82 Å². The van der Waals surface area contributed by atoms with Gasteiger partial charge in [-0.15, -0.1) is 10.1 Å². The smallest absolute Gasteiger partial charge is 0.294 e. The number of amides is 1. The number of carbonyl (C=O) groups excluding carboxylic acids is 1. The predicted molar refractivity (Wildman–Crippen MR) is 83.0 cm³/mol. The normalized spacial score (nSPS) is 14.6. The number of fused-ring (bicyclic) bond motifs is 1. The molecule has 0 aliphatic carbocycles. The van der Waals surface area contributed by atoms with E-state index in [0.29, 0.717) is 11.2 Å². The monoisotopic (exact) mass is 335 g/mol. The molecule has 1 fully saturated rings. The average molecular weight is 335 g/mol. The molecule has 3 rings (SSSR count). The molecule has 0 radical (unpaired) electrons. The second-order valence-corrected chi connectivity index (χ2v) is 5.34. The third-order valence-corrected chi connectivity index (χ3v) is 3.72. The van der Waals surface area contributed by atoms with Crippen LogP contribution in [0.1, 0.15) is 29.9 Å². The van der Waals surface area contributed by atoms with Crippen LogP contribution in [-0.4, -0.2) is 57.2 Å². The highest BCUT2D eigenvalue weighted by molar-refractivity contribution is 5.95. The number of hydrogen-bond acceptors (Lipinski definition) is 8. The predicted octanol–water partition coefficient (Wildman–Crippen LogP) is 0.281. The van der Waals surface area contributed by atoms with Crippen LogP contribution in [0.5, 0.6) is 0 Å². The highest BCUT2D eigenvalue weighted by Gasteiger charge is 2.19. The highest BCUT2D eigenvalue weighted by Crippen LogP contribution is 2.23. The van der Waals surface area contributed by atoms with E-state index in [2.05, 4.69) is 35.0 Å². The number of carbonyl (C=O) groups is 1. The molecule has 1 aliphatic heterocycles. The van der Waals surface area contributed by atoms with Crippen LogP contribution in [0.3, 0.4) is 0 Å². The molecule has 1 saturated heterocycles. The molecule has 0 aromatic carbocycles. The van der Waals surface area contributed by atoms with Crippen LogP contribution in [-0.2, 0) is 4.84 Å². The molecule has 0 unspecified atom stereocenters. The fraction of sp³-hybridized carbons (Fsp3) is 0.538. The summed E-state index contributed by atoms with van der Waals surface area (Å²) in [5.74, 6) is 0.345. The topological polar surface area (TPSA) is 139 Å². The van der Waals surface area contributed by atoms with E-state index in [1.165, 1.54) is 12.7 Å². The van der Waals surface area contributed by atoms with Crippen LogP contribution in [0.2, 0.25) is 0 Å².